The molecule has 4 bridgehead atoms. The van der Waals surface area contributed by atoms with Crippen LogP contribution >= 0.6 is 0 Å². The lowest BCUT2D eigenvalue weighted by molar-refractivity contribution is -0.0339. The molecule has 1 saturated heterocycles. The zero-order valence-corrected chi connectivity index (χ0v) is 24.9. The minimum absolute atomic E-state index is 0.0270. The summed E-state index contributed by atoms with van der Waals surface area (Å²) in [5.41, 5.74) is 7.59. The van der Waals surface area contributed by atoms with E-state index in [4.69, 9.17) is 24.3 Å². The maximum atomic E-state index is 13.6. The smallest absolute Gasteiger partial charge is 0.271 e. The Bertz CT molecular complexity index is 1700. The molecule has 228 valence electrons. The van der Waals surface area contributed by atoms with E-state index >= 15 is 0 Å². The van der Waals surface area contributed by atoms with Crippen LogP contribution in [0.2, 0.25) is 0 Å². The Labute approximate surface area is 256 Å². The normalized spacial score (nSPS) is 21.5. The van der Waals surface area contributed by atoms with Crippen LogP contribution in [0.3, 0.4) is 0 Å². The van der Waals surface area contributed by atoms with Gasteiger partial charge in [-0.2, -0.15) is 0 Å². The number of carbonyl (C=O) groups excluding carboxylic acids is 1. The molecule has 4 aliphatic rings. The lowest BCUT2D eigenvalue weighted by Gasteiger charge is -2.37. The van der Waals surface area contributed by atoms with Gasteiger partial charge in [0.15, 0.2) is 17.2 Å². The molecule has 2 atom stereocenters. The van der Waals surface area contributed by atoms with E-state index in [-0.39, 0.29) is 18.1 Å². The second-order valence-electron chi connectivity index (χ2n) is 12.0. The van der Waals surface area contributed by atoms with Crippen LogP contribution in [-0.4, -0.2) is 72.6 Å². The summed E-state index contributed by atoms with van der Waals surface area (Å²) >= 11 is 0. The van der Waals surface area contributed by atoms with Crippen molar-refractivity contribution in [3.63, 3.8) is 0 Å². The summed E-state index contributed by atoms with van der Waals surface area (Å²) in [7, 11) is 1.68. The molecule has 0 radical (unpaired) electrons. The molecule has 2 N–H and O–H groups in total. The third-order valence-electron chi connectivity index (χ3n) is 9.27. The fourth-order valence-electron chi connectivity index (χ4n) is 6.76. The molecule has 0 spiro atoms. The number of methoxy groups -OCH3 is 1. The van der Waals surface area contributed by atoms with Gasteiger partial charge in [-0.15, -0.1) is 5.10 Å². The number of ether oxygens (including phenoxy) is 3. The Kier molecular flexibility index (Phi) is 6.99. The molecule has 2 fully saturated rings. The fraction of sp³-hybridized carbons (Fsp3) is 0.424. The van der Waals surface area contributed by atoms with Crippen molar-refractivity contribution in [3.8, 4) is 5.75 Å². The minimum atomic E-state index is -0.183. The summed E-state index contributed by atoms with van der Waals surface area (Å²) in [6, 6.07) is 14.7. The van der Waals surface area contributed by atoms with E-state index < -0.39 is 0 Å². The number of aromatic nitrogens is 3. The largest absolute Gasteiger partial charge is 0.497 e. The number of fused-ring (bicyclic) bond motifs is 7. The SMILES string of the molecule is COc1ccc(CN2CCCc3c4nn5c(cnc5c32)C(=O)N[C@@H]2CC[C@H]2OCc2cc(cc(N3CCOCC3)c2)N4)cc1. The number of morpholine rings is 1. The van der Waals surface area contributed by atoms with E-state index in [2.05, 4.69) is 50.8 Å². The van der Waals surface area contributed by atoms with Gasteiger partial charge in [-0.05, 0) is 67.1 Å². The quantitative estimate of drug-likeness (QED) is 0.361. The average Bonchev–Trinajstić information content (AvgIpc) is 3.47. The van der Waals surface area contributed by atoms with Crippen molar-refractivity contribution < 1.29 is 19.0 Å². The molecule has 0 unspecified atom stereocenters. The van der Waals surface area contributed by atoms with Crippen LogP contribution in [0, 0.1) is 0 Å². The average molecular weight is 596 g/mol. The highest BCUT2D eigenvalue weighted by Gasteiger charge is 2.35. The molecule has 8 rings (SSSR count). The molecule has 5 heterocycles. The topological polar surface area (TPSA) is 105 Å². The molecule has 1 saturated carbocycles. The van der Waals surface area contributed by atoms with Gasteiger partial charge < -0.3 is 34.6 Å². The number of rotatable bonds is 4. The van der Waals surface area contributed by atoms with Gasteiger partial charge in [-0.1, -0.05) is 12.1 Å². The van der Waals surface area contributed by atoms with E-state index in [0.717, 1.165) is 85.1 Å². The first-order valence-corrected chi connectivity index (χ1v) is 15.6. The zero-order valence-electron chi connectivity index (χ0n) is 24.9. The summed E-state index contributed by atoms with van der Waals surface area (Å²) < 4.78 is 19.1. The maximum absolute atomic E-state index is 13.6. The van der Waals surface area contributed by atoms with Gasteiger partial charge in [0.05, 0.1) is 51.0 Å². The molecular formula is C33H37N7O4. The molecule has 44 heavy (non-hydrogen) atoms. The first kappa shape index (κ1) is 27.2. The highest BCUT2D eigenvalue weighted by atomic mass is 16.5. The fourth-order valence-corrected chi connectivity index (χ4v) is 6.76. The molecule has 1 amide bonds. The molecule has 2 aromatic carbocycles. The van der Waals surface area contributed by atoms with Crippen LogP contribution < -0.4 is 25.2 Å². The van der Waals surface area contributed by atoms with Crippen molar-refractivity contribution in [1.29, 1.82) is 0 Å². The van der Waals surface area contributed by atoms with E-state index in [1.807, 2.05) is 12.1 Å². The second kappa shape index (κ2) is 11.3. The molecule has 11 heteroatoms. The molecule has 1 aliphatic carbocycles. The number of imidazole rings is 1. The van der Waals surface area contributed by atoms with Crippen LogP contribution in [0.5, 0.6) is 5.75 Å². The van der Waals surface area contributed by atoms with E-state index in [1.54, 1.807) is 17.8 Å². The highest BCUT2D eigenvalue weighted by molar-refractivity contribution is 5.95. The Morgan fingerprint density at radius 3 is 2.73 bits per heavy atom. The van der Waals surface area contributed by atoms with Crippen LogP contribution in [0.4, 0.5) is 22.9 Å². The highest BCUT2D eigenvalue weighted by Crippen LogP contribution is 2.38. The van der Waals surface area contributed by atoms with Crippen LogP contribution in [0.15, 0.2) is 48.7 Å². The molecule has 2 aromatic heterocycles. The second-order valence-corrected chi connectivity index (χ2v) is 12.0. The van der Waals surface area contributed by atoms with Gasteiger partial charge in [-0.3, -0.25) is 4.79 Å². The number of carbonyl (C=O) groups is 1. The standard InChI is InChI=1S/C33H37N7O4/c1-42-25-6-4-21(5-7-25)19-39-10-2-3-26-30(39)32-34-18-28-33(41)36-27-8-9-29(27)44-20-22-15-23(35-31(26)37-40(28)32)17-24(16-22)38-11-13-43-14-12-38/h4-7,15-18,27,29H,2-3,8-14,19-20H2,1H3,(H,35,37)(H,36,41)/t27-,29-/m1/s1. The lowest BCUT2D eigenvalue weighted by Crippen LogP contribution is -2.51. The van der Waals surface area contributed by atoms with E-state index in [1.165, 1.54) is 5.56 Å². The zero-order chi connectivity index (χ0) is 29.6. The number of nitrogens with one attached hydrogen (secondary N) is 2. The van der Waals surface area contributed by atoms with Crippen LogP contribution in [-0.2, 0) is 29.0 Å². The van der Waals surface area contributed by atoms with Gasteiger partial charge in [0, 0.05) is 43.1 Å². The predicted octanol–water partition coefficient (Wildman–Crippen LogP) is 4.06. The first-order chi connectivity index (χ1) is 21.6. The number of benzene rings is 2. The Morgan fingerprint density at radius 2 is 1.93 bits per heavy atom. The third-order valence-corrected chi connectivity index (χ3v) is 9.27. The Hall–Kier alpha value is -4.35. The molecule has 11 nitrogen and oxygen atoms in total. The number of anilines is 4. The Morgan fingerprint density at radius 1 is 1.07 bits per heavy atom. The van der Waals surface area contributed by atoms with Crippen LogP contribution in [0.25, 0.3) is 5.65 Å². The number of amides is 1. The number of hydrogen-bond donors (Lipinski definition) is 2. The Balaban J connectivity index is 1.25. The van der Waals surface area contributed by atoms with Gasteiger partial charge in [0.25, 0.3) is 5.91 Å². The minimum Gasteiger partial charge on any atom is -0.497 e. The molecule has 3 aliphatic heterocycles. The van der Waals surface area contributed by atoms with Gasteiger partial charge in [-0.25, -0.2) is 9.50 Å². The molecular weight excluding hydrogens is 558 g/mol. The van der Waals surface area contributed by atoms with Crippen molar-refractivity contribution in [2.24, 2.45) is 0 Å². The van der Waals surface area contributed by atoms with Crippen molar-refractivity contribution in [2.75, 3.05) is 55.1 Å². The summed E-state index contributed by atoms with van der Waals surface area (Å²) in [4.78, 5) is 23.1. The van der Waals surface area contributed by atoms with Gasteiger partial charge in [0.1, 0.15) is 5.75 Å². The van der Waals surface area contributed by atoms with Crippen LogP contribution in [0.1, 0.15) is 46.4 Å². The number of nitrogens with zero attached hydrogens (tertiary/aromatic N) is 5. The summed E-state index contributed by atoms with van der Waals surface area (Å²) in [6.45, 7) is 5.18. The summed E-state index contributed by atoms with van der Waals surface area (Å²) in [5, 5.41) is 11.9. The van der Waals surface area contributed by atoms with E-state index in [9.17, 15) is 4.79 Å². The van der Waals surface area contributed by atoms with Gasteiger partial charge in [0.2, 0.25) is 0 Å². The van der Waals surface area contributed by atoms with Crippen molar-refractivity contribution in [1.82, 2.24) is 19.9 Å². The molecule has 4 aromatic rings. The lowest BCUT2D eigenvalue weighted by atomic mass is 9.88. The third kappa shape index (κ3) is 4.99. The predicted molar refractivity (Wildman–Crippen MR) is 167 cm³/mol. The first-order valence-electron chi connectivity index (χ1n) is 15.6. The van der Waals surface area contributed by atoms with Crippen molar-refractivity contribution >= 4 is 34.4 Å². The van der Waals surface area contributed by atoms with Crippen molar-refractivity contribution in [3.05, 3.63) is 71.0 Å². The number of hydrogen-bond acceptors (Lipinski definition) is 9. The summed E-state index contributed by atoms with van der Waals surface area (Å²) in [5.74, 6) is 1.39. The summed E-state index contributed by atoms with van der Waals surface area (Å²) in [6.07, 6.45) is 5.28. The van der Waals surface area contributed by atoms with Crippen molar-refractivity contribution in [2.45, 2.75) is 51.0 Å². The monoisotopic (exact) mass is 595 g/mol. The van der Waals surface area contributed by atoms with E-state index in [0.29, 0.717) is 37.7 Å². The van der Waals surface area contributed by atoms with Gasteiger partial charge >= 0.3 is 0 Å². The maximum Gasteiger partial charge on any atom is 0.271 e.